The van der Waals surface area contributed by atoms with E-state index >= 15 is 0 Å². The predicted octanol–water partition coefficient (Wildman–Crippen LogP) is 2.29. The minimum absolute atomic E-state index is 0.00991. The van der Waals surface area contributed by atoms with Gasteiger partial charge in [0.25, 0.3) is 6.43 Å². The van der Waals surface area contributed by atoms with Gasteiger partial charge in [-0.3, -0.25) is 0 Å². The Kier molecular flexibility index (Phi) is 3.83. The summed E-state index contributed by atoms with van der Waals surface area (Å²) in [7, 11) is 0. The van der Waals surface area contributed by atoms with Crippen molar-refractivity contribution in [2.24, 2.45) is 5.73 Å². The first-order valence-corrected chi connectivity index (χ1v) is 4.81. The number of halogens is 3. The van der Waals surface area contributed by atoms with E-state index < -0.39 is 12.5 Å². The fourth-order valence-corrected chi connectivity index (χ4v) is 1.47. The minimum atomic E-state index is -2.58. The van der Waals surface area contributed by atoms with E-state index in [0.29, 0.717) is 5.56 Å². The Balaban J connectivity index is 2.80. The van der Waals surface area contributed by atoms with Gasteiger partial charge in [0.2, 0.25) is 0 Å². The van der Waals surface area contributed by atoms with Crippen molar-refractivity contribution in [1.82, 2.24) is 0 Å². The molecule has 78 valence electrons. The monoisotopic (exact) mass is 265 g/mol. The molecule has 0 fully saturated rings. The number of phenols is 1. The number of aromatic hydroxyl groups is 1. The molecule has 0 aromatic heterocycles. The Morgan fingerprint density at radius 2 is 2.07 bits per heavy atom. The van der Waals surface area contributed by atoms with Gasteiger partial charge in [-0.1, -0.05) is 15.9 Å². The van der Waals surface area contributed by atoms with Gasteiger partial charge >= 0.3 is 0 Å². The van der Waals surface area contributed by atoms with E-state index in [4.69, 9.17) is 5.73 Å². The molecule has 1 atom stereocenters. The SMILES string of the molecule is NC(Cc1cc(Br)ccc1O)C(F)F. The zero-order chi connectivity index (χ0) is 10.7. The van der Waals surface area contributed by atoms with Gasteiger partial charge in [0.05, 0.1) is 6.04 Å². The summed E-state index contributed by atoms with van der Waals surface area (Å²) in [5.74, 6) is -0.00991. The molecule has 0 heterocycles. The maximum absolute atomic E-state index is 12.1. The highest BCUT2D eigenvalue weighted by molar-refractivity contribution is 9.10. The molecule has 1 unspecified atom stereocenters. The molecule has 0 amide bonds. The summed E-state index contributed by atoms with van der Waals surface area (Å²) in [6.45, 7) is 0. The van der Waals surface area contributed by atoms with Gasteiger partial charge in [-0.2, -0.15) is 0 Å². The van der Waals surface area contributed by atoms with E-state index in [-0.39, 0.29) is 12.2 Å². The Labute approximate surface area is 88.9 Å². The molecule has 14 heavy (non-hydrogen) atoms. The molecule has 2 nitrogen and oxygen atoms in total. The molecule has 0 aliphatic rings. The third kappa shape index (κ3) is 2.92. The lowest BCUT2D eigenvalue weighted by atomic mass is 10.1. The van der Waals surface area contributed by atoms with Crippen LogP contribution in [0.1, 0.15) is 5.56 Å². The summed E-state index contributed by atoms with van der Waals surface area (Å²) in [6.07, 6.45) is -2.61. The number of phenolic OH excluding ortho intramolecular Hbond substituents is 1. The van der Waals surface area contributed by atoms with Crippen LogP contribution in [0.15, 0.2) is 22.7 Å². The van der Waals surface area contributed by atoms with Crippen LogP contribution in [0.2, 0.25) is 0 Å². The summed E-state index contributed by atoms with van der Waals surface area (Å²) in [5, 5.41) is 9.34. The highest BCUT2D eigenvalue weighted by atomic mass is 79.9. The van der Waals surface area contributed by atoms with E-state index in [9.17, 15) is 13.9 Å². The second kappa shape index (κ2) is 4.70. The van der Waals surface area contributed by atoms with Gasteiger partial charge in [0.15, 0.2) is 0 Å². The molecule has 3 N–H and O–H groups in total. The first kappa shape index (κ1) is 11.4. The minimum Gasteiger partial charge on any atom is -0.508 e. The fourth-order valence-electron chi connectivity index (χ4n) is 1.06. The Morgan fingerprint density at radius 3 is 2.64 bits per heavy atom. The Morgan fingerprint density at radius 1 is 1.43 bits per heavy atom. The highest BCUT2D eigenvalue weighted by Gasteiger charge is 2.17. The quantitative estimate of drug-likeness (QED) is 0.881. The summed E-state index contributed by atoms with van der Waals surface area (Å²) in [4.78, 5) is 0. The van der Waals surface area contributed by atoms with Crippen molar-refractivity contribution in [3.8, 4) is 5.75 Å². The van der Waals surface area contributed by atoms with Crippen LogP contribution in [-0.2, 0) is 6.42 Å². The number of alkyl halides is 2. The molecule has 0 saturated heterocycles. The van der Waals surface area contributed by atoms with E-state index in [0.717, 1.165) is 4.47 Å². The number of nitrogens with two attached hydrogens (primary N) is 1. The van der Waals surface area contributed by atoms with Crippen molar-refractivity contribution < 1.29 is 13.9 Å². The summed E-state index contributed by atoms with van der Waals surface area (Å²) in [5.41, 5.74) is 5.61. The second-order valence-electron chi connectivity index (χ2n) is 2.98. The van der Waals surface area contributed by atoms with E-state index in [2.05, 4.69) is 15.9 Å². The molecular weight excluding hydrogens is 256 g/mol. The highest BCUT2D eigenvalue weighted by Crippen LogP contribution is 2.23. The van der Waals surface area contributed by atoms with Crippen LogP contribution < -0.4 is 5.73 Å². The van der Waals surface area contributed by atoms with E-state index in [1.807, 2.05) is 0 Å². The van der Waals surface area contributed by atoms with Gasteiger partial charge in [0.1, 0.15) is 5.75 Å². The average Bonchev–Trinajstić information content (AvgIpc) is 2.11. The van der Waals surface area contributed by atoms with Crippen LogP contribution in [-0.4, -0.2) is 17.6 Å². The lowest BCUT2D eigenvalue weighted by Gasteiger charge is -2.11. The van der Waals surface area contributed by atoms with Crippen LogP contribution >= 0.6 is 15.9 Å². The normalized spacial score (nSPS) is 13.2. The Hall–Kier alpha value is -0.680. The molecule has 1 rings (SSSR count). The van der Waals surface area contributed by atoms with Gasteiger partial charge in [-0.25, -0.2) is 8.78 Å². The number of hydrogen-bond acceptors (Lipinski definition) is 2. The van der Waals surface area contributed by atoms with Crippen LogP contribution in [0.25, 0.3) is 0 Å². The maximum Gasteiger partial charge on any atom is 0.253 e. The number of hydrogen-bond donors (Lipinski definition) is 2. The topological polar surface area (TPSA) is 46.2 Å². The first-order chi connectivity index (χ1) is 6.50. The number of rotatable bonds is 3. The molecule has 0 aliphatic carbocycles. The fraction of sp³-hybridized carbons (Fsp3) is 0.333. The second-order valence-corrected chi connectivity index (χ2v) is 3.89. The van der Waals surface area contributed by atoms with Gasteiger partial charge in [0, 0.05) is 4.47 Å². The third-order valence-corrected chi connectivity index (χ3v) is 2.31. The van der Waals surface area contributed by atoms with Crippen molar-refractivity contribution in [1.29, 1.82) is 0 Å². The average molecular weight is 266 g/mol. The van der Waals surface area contributed by atoms with E-state index in [1.165, 1.54) is 6.07 Å². The van der Waals surface area contributed by atoms with Crippen molar-refractivity contribution in [3.63, 3.8) is 0 Å². The molecule has 1 aromatic carbocycles. The summed E-state index contributed by atoms with van der Waals surface area (Å²) in [6, 6.07) is 3.41. The molecule has 0 bridgehead atoms. The molecular formula is C9H10BrF2NO. The van der Waals surface area contributed by atoms with Crippen LogP contribution in [0.4, 0.5) is 8.78 Å². The van der Waals surface area contributed by atoms with Gasteiger partial charge in [-0.15, -0.1) is 0 Å². The molecule has 0 spiro atoms. The molecule has 0 radical (unpaired) electrons. The summed E-state index contributed by atoms with van der Waals surface area (Å²) < 4.78 is 25.0. The lowest BCUT2D eigenvalue weighted by molar-refractivity contribution is 0.115. The largest absolute Gasteiger partial charge is 0.508 e. The lowest BCUT2D eigenvalue weighted by Crippen LogP contribution is -2.30. The molecule has 0 saturated carbocycles. The molecule has 5 heteroatoms. The standard InChI is InChI=1S/C9H10BrF2NO/c10-6-1-2-8(14)5(3-6)4-7(13)9(11)12/h1-3,7,9,14H,4,13H2. The van der Waals surface area contributed by atoms with Crippen LogP contribution in [0.3, 0.4) is 0 Å². The zero-order valence-electron chi connectivity index (χ0n) is 7.25. The van der Waals surface area contributed by atoms with Crippen LogP contribution in [0, 0.1) is 0 Å². The third-order valence-electron chi connectivity index (χ3n) is 1.82. The number of benzene rings is 1. The van der Waals surface area contributed by atoms with Gasteiger partial charge in [-0.05, 0) is 30.2 Å². The Bertz CT molecular complexity index is 320. The van der Waals surface area contributed by atoms with Crippen LogP contribution in [0.5, 0.6) is 5.75 Å². The smallest absolute Gasteiger partial charge is 0.253 e. The van der Waals surface area contributed by atoms with E-state index in [1.54, 1.807) is 12.1 Å². The zero-order valence-corrected chi connectivity index (χ0v) is 8.84. The van der Waals surface area contributed by atoms with Crippen molar-refractivity contribution >= 4 is 15.9 Å². The maximum atomic E-state index is 12.1. The molecule has 1 aromatic rings. The summed E-state index contributed by atoms with van der Waals surface area (Å²) >= 11 is 3.18. The van der Waals surface area contributed by atoms with Crippen molar-refractivity contribution in [2.75, 3.05) is 0 Å². The van der Waals surface area contributed by atoms with Crippen molar-refractivity contribution in [3.05, 3.63) is 28.2 Å². The van der Waals surface area contributed by atoms with Crippen molar-refractivity contribution in [2.45, 2.75) is 18.9 Å². The first-order valence-electron chi connectivity index (χ1n) is 4.02. The predicted molar refractivity (Wildman–Crippen MR) is 53.5 cm³/mol. The molecule has 0 aliphatic heterocycles. The van der Waals surface area contributed by atoms with Gasteiger partial charge < -0.3 is 10.8 Å².